The number of nitrogens with two attached hydrogens (primary N) is 1. The number of nitrogens with zero attached hydrogens (tertiary/aromatic N) is 1. The molecule has 0 aliphatic carbocycles. The summed E-state index contributed by atoms with van der Waals surface area (Å²) in [6, 6.07) is 9.83. The largest absolute Gasteiger partial charge is 0.467 e. The average Bonchev–Trinajstić information content (AvgIpc) is 2.89. The van der Waals surface area contributed by atoms with Crippen molar-refractivity contribution in [1.29, 1.82) is 0 Å². The highest BCUT2D eigenvalue weighted by Crippen LogP contribution is 2.29. The minimum Gasteiger partial charge on any atom is -0.467 e. The molecular weight excluding hydrogens is 260 g/mol. The van der Waals surface area contributed by atoms with Gasteiger partial charge in [-0.15, -0.1) is 0 Å². The molecule has 102 valence electrons. The van der Waals surface area contributed by atoms with Gasteiger partial charge in [-0.1, -0.05) is 17.7 Å². The van der Waals surface area contributed by atoms with E-state index in [0.717, 1.165) is 28.6 Å². The van der Waals surface area contributed by atoms with Crippen LogP contribution in [0.2, 0.25) is 5.02 Å². The Balaban J connectivity index is 2.23. The third-order valence-corrected chi connectivity index (χ3v) is 3.45. The van der Waals surface area contributed by atoms with Gasteiger partial charge in [-0.05, 0) is 43.7 Å². The van der Waals surface area contributed by atoms with Crippen molar-refractivity contribution < 1.29 is 4.42 Å². The van der Waals surface area contributed by atoms with Gasteiger partial charge in [-0.25, -0.2) is 0 Å². The zero-order chi connectivity index (χ0) is 13.8. The fourth-order valence-electron chi connectivity index (χ4n) is 2.02. The molecule has 0 bridgehead atoms. The van der Waals surface area contributed by atoms with E-state index in [1.54, 1.807) is 6.26 Å². The van der Waals surface area contributed by atoms with Crippen LogP contribution in [0.5, 0.6) is 0 Å². The summed E-state index contributed by atoms with van der Waals surface area (Å²) < 4.78 is 5.38. The van der Waals surface area contributed by atoms with E-state index < -0.39 is 0 Å². The van der Waals surface area contributed by atoms with Crippen LogP contribution in [0.4, 0.5) is 5.69 Å². The van der Waals surface area contributed by atoms with Gasteiger partial charge in [-0.3, -0.25) is 0 Å². The molecule has 1 heterocycles. The van der Waals surface area contributed by atoms with E-state index in [2.05, 4.69) is 11.8 Å². The Kier molecular flexibility index (Phi) is 4.51. The maximum atomic E-state index is 6.36. The van der Waals surface area contributed by atoms with E-state index in [1.807, 2.05) is 37.3 Å². The molecule has 2 aromatic rings. The Morgan fingerprint density at radius 3 is 2.68 bits per heavy atom. The van der Waals surface area contributed by atoms with Gasteiger partial charge in [0.1, 0.15) is 5.76 Å². The van der Waals surface area contributed by atoms with Crippen LogP contribution in [-0.4, -0.2) is 6.54 Å². The van der Waals surface area contributed by atoms with Crippen LogP contribution in [0.1, 0.15) is 31.2 Å². The Morgan fingerprint density at radius 2 is 2.16 bits per heavy atom. The van der Waals surface area contributed by atoms with Crippen LogP contribution in [0.15, 0.2) is 41.0 Å². The third-order valence-electron chi connectivity index (χ3n) is 3.15. The van der Waals surface area contributed by atoms with Crippen LogP contribution in [0.25, 0.3) is 0 Å². The first kappa shape index (κ1) is 14.0. The summed E-state index contributed by atoms with van der Waals surface area (Å²) in [5, 5.41) is 0.725. The number of hydrogen-bond donors (Lipinski definition) is 1. The standard InChI is InChI=1S/C15H19ClN2O/c1-3-18(10-13-5-4-8-19-13)15-7-6-12(11(2)17)9-14(15)16/h4-9,11H,3,10,17H2,1-2H3. The van der Waals surface area contributed by atoms with Gasteiger partial charge in [-0.2, -0.15) is 0 Å². The van der Waals surface area contributed by atoms with E-state index in [9.17, 15) is 0 Å². The van der Waals surface area contributed by atoms with Crippen LogP contribution < -0.4 is 10.6 Å². The Morgan fingerprint density at radius 1 is 1.37 bits per heavy atom. The molecule has 0 radical (unpaired) electrons. The second-order valence-corrected chi connectivity index (χ2v) is 5.00. The van der Waals surface area contributed by atoms with Crippen LogP contribution in [0.3, 0.4) is 0 Å². The topological polar surface area (TPSA) is 42.4 Å². The van der Waals surface area contributed by atoms with Gasteiger partial charge in [0, 0.05) is 12.6 Å². The van der Waals surface area contributed by atoms with Crippen molar-refractivity contribution in [2.75, 3.05) is 11.4 Å². The zero-order valence-electron chi connectivity index (χ0n) is 11.3. The molecule has 2 N–H and O–H groups in total. The molecule has 0 saturated heterocycles. The lowest BCUT2D eigenvalue weighted by molar-refractivity contribution is 0.503. The fourth-order valence-corrected chi connectivity index (χ4v) is 2.33. The lowest BCUT2D eigenvalue weighted by Gasteiger charge is -2.23. The monoisotopic (exact) mass is 278 g/mol. The van der Waals surface area contributed by atoms with Crippen molar-refractivity contribution in [2.24, 2.45) is 5.73 Å². The van der Waals surface area contributed by atoms with Crippen molar-refractivity contribution in [1.82, 2.24) is 0 Å². The summed E-state index contributed by atoms with van der Waals surface area (Å²) in [5.74, 6) is 0.925. The van der Waals surface area contributed by atoms with Crippen LogP contribution in [-0.2, 0) is 6.54 Å². The number of hydrogen-bond acceptors (Lipinski definition) is 3. The number of rotatable bonds is 5. The minimum atomic E-state index is -0.00768. The molecule has 0 spiro atoms. The van der Waals surface area contributed by atoms with E-state index in [1.165, 1.54) is 0 Å². The molecule has 1 unspecified atom stereocenters. The van der Waals surface area contributed by atoms with E-state index >= 15 is 0 Å². The molecular formula is C15H19ClN2O. The van der Waals surface area contributed by atoms with Crippen molar-refractivity contribution in [2.45, 2.75) is 26.4 Å². The summed E-state index contributed by atoms with van der Waals surface area (Å²) >= 11 is 6.36. The SMILES string of the molecule is CCN(Cc1ccco1)c1ccc(C(C)N)cc1Cl. The quantitative estimate of drug-likeness (QED) is 0.899. The molecule has 4 heteroatoms. The van der Waals surface area contributed by atoms with E-state index in [0.29, 0.717) is 6.54 Å². The molecule has 1 aromatic carbocycles. The van der Waals surface area contributed by atoms with Crippen molar-refractivity contribution in [3.05, 3.63) is 52.9 Å². The predicted octanol–water partition coefficient (Wildman–Crippen LogP) is 3.98. The smallest absolute Gasteiger partial charge is 0.123 e. The van der Waals surface area contributed by atoms with Crippen LogP contribution >= 0.6 is 11.6 Å². The first-order valence-corrected chi connectivity index (χ1v) is 6.82. The second kappa shape index (κ2) is 6.13. The maximum Gasteiger partial charge on any atom is 0.123 e. The molecule has 3 nitrogen and oxygen atoms in total. The highest BCUT2D eigenvalue weighted by molar-refractivity contribution is 6.33. The van der Waals surface area contributed by atoms with Gasteiger partial charge in [0.25, 0.3) is 0 Å². The summed E-state index contributed by atoms with van der Waals surface area (Å²) in [5.41, 5.74) is 7.91. The van der Waals surface area contributed by atoms with Gasteiger partial charge in [0.2, 0.25) is 0 Å². The molecule has 19 heavy (non-hydrogen) atoms. The van der Waals surface area contributed by atoms with Crippen molar-refractivity contribution in [3.8, 4) is 0 Å². The molecule has 0 aliphatic rings. The molecule has 0 saturated carbocycles. The van der Waals surface area contributed by atoms with E-state index in [4.69, 9.17) is 21.8 Å². The molecule has 0 amide bonds. The van der Waals surface area contributed by atoms with Gasteiger partial charge in [0.05, 0.1) is 23.5 Å². The molecule has 0 aliphatic heterocycles. The van der Waals surface area contributed by atoms with Crippen LogP contribution in [0, 0.1) is 0 Å². The van der Waals surface area contributed by atoms with Gasteiger partial charge < -0.3 is 15.1 Å². The van der Waals surface area contributed by atoms with Gasteiger partial charge in [0.15, 0.2) is 0 Å². The lowest BCUT2D eigenvalue weighted by Crippen LogP contribution is -2.22. The Bertz CT molecular complexity index is 523. The lowest BCUT2D eigenvalue weighted by atomic mass is 10.1. The first-order valence-electron chi connectivity index (χ1n) is 6.44. The maximum absolute atomic E-state index is 6.36. The number of anilines is 1. The molecule has 2 rings (SSSR count). The Hall–Kier alpha value is -1.45. The predicted molar refractivity (Wildman–Crippen MR) is 79.5 cm³/mol. The Labute approximate surface area is 119 Å². The van der Waals surface area contributed by atoms with Crippen molar-refractivity contribution in [3.63, 3.8) is 0 Å². The average molecular weight is 279 g/mol. The summed E-state index contributed by atoms with van der Waals surface area (Å²) in [7, 11) is 0. The summed E-state index contributed by atoms with van der Waals surface area (Å²) in [4.78, 5) is 2.17. The zero-order valence-corrected chi connectivity index (χ0v) is 12.0. The molecule has 1 atom stereocenters. The van der Waals surface area contributed by atoms with Gasteiger partial charge >= 0.3 is 0 Å². The summed E-state index contributed by atoms with van der Waals surface area (Å²) in [6.07, 6.45) is 1.68. The minimum absolute atomic E-state index is 0.00768. The number of halogens is 1. The van der Waals surface area contributed by atoms with E-state index in [-0.39, 0.29) is 6.04 Å². The summed E-state index contributed by atoms with van der Waals surface area (Å²) in [6.45, 7) is 5.61. The number of benzene rings is 1. The third kappa shape index (κ3) is 3.31. The second-order valence-electron chi connectivity index (χ2n) is 4.59. The highest BCUT2D eigenvalue weighted by Gasteiger charge is 2.12. The number of furan rings is 1. The molecule has 0 fully saturated rings. The van der Waals surface area contributed by atoms with Crippen molar-refractivity contribution >= 4 is 17.3 Å². The highest BCUT2D eigenvalue weighted by atomic mass is 35.5. The normalized spacial score (nSPS) is 12.4. The first-order chi connectivity index (χ1) is 9.11. The fraction of sp³-hybridized carbons (Fsp3) is 0.333. The molecule has 1 aromatic heterocycles.